The maximum atomic E-state index is 13.0. The van der Waals surface area contributed by atoms with Gasteiger partial charge in [0.05, 0.1) is 13.7 Å². The van der Waals surface area contributed by atoms with E-state index in [1.165, 1.54) is 7.11 Å². The van der Waals surface area contributed by atoms with E-state index in [4.69, 9.17) is 21.1 Å². The van der Waals surface area contributed by atoms with Crippen LogP contribution in [0.15, 0.2) is 48.5 Å². The molecule has 1 aliphatic heterocycles. The van der Waals surface area contributed by atoms with Gasteiger partial charge >= 0.3 is 6.09 Å². The number of likely N-dealkylation sites (N-methyl/N-ethyl adjacent to an activating group) is 1. The van der Waals surface area contributed by atoms with Crippen molar-refractivity contribution >= 4 is 23.6 Å². The fourth-order valence-electron chi connectivity index (χ4n) is 4.32. The Balaban J connectivity index is 1.66. The van der Waals surface area contributed by atoms with E-state index in [-0.39, 0.29) is 25.1 Å². The number of carbonyl (C=O) groups excluding carboxylic acids is 2. The van der Waals surface area contributed by atoms with Crippen molar-refractivity contribution in [1.29, 1.82) is 0 Å². The molecule has 36 heavy (non-hydrogen) atoms. The number of carbonyl (C=O) groups is 2. The molecule has 0 bridgehead atoms. The Morgan fingerprint density at radius 2 is 1.92 bits per heavy atom. The van der Waals surface area contributed by atoms with Crippen molar-refractivity contribution in [2.24, 2.45) is 5.92 Å². The van der Waals surface area contributed by atoms with Gasteiger partial charge in [0.1, 0.15) is 6.10 Å². The van der Waals surface area contributed by atoms with E-state index in [1.807, 2.05) is 43.4 Å². The summed E-state index contributed by atoms with van der Waals surface area (Å²) >= 11 is 6.23. The third-order valence-corrected chi connectivity index (χ3v) is 6.47. The zero-order chi connectivity index (χ0) is 25.8. The van der Waals surface area contributed by atoms with E-state index < -0.39 is 12.2 Å². The summed E-state index contributed by atoms with van der Waals surface area (Å²) in [5.74, 6) is 0.370. The van der Waals surface area contributed by atoms with Gasteiger partial charge in [-0.2, -0.15) is 0 Å². The molecule has 1 aliphatic rings. The summed E-state index contributed by atoms with van der Waals surface area (Å²) in [4.78, 5) is 24.3. The monoisotopic (exact) mass is 517 g/mol. The molecule has 0 spiro atoms. The van der Waals surface area contributed by atoms with Crippen LogP contribution in [0.3, 0.4) is 0 Å². The Morgan fingerprint density at radius 1 is 1.14 bits per heavy atom. The number of methoxy groups -OCH3 is 1. The van der Waals surface area contributed by atoms with E-state index in [2.05, 4.69) is 20.7 Å². The summed E-state index contributed by atoms with van der Waals surface area (Å²) < 4.78 is 16.3. The highest BCUT2D eigenvalue weighted by atomic mass is 35.5. The molecule has 0 aromatic heterocycles. The molecule has 3 N–H and O–H groups in total. The van der Waals surface area contributed by atoms with Crippen molar-refractivity contribution in [3.8, 4) is 0 Å². The molecule has 1 heterocycles. The van der Waals surface area contributed by atoms with Crippen LogP contribution in [0.5, 0.6) is 0 Å². The first kappa shape index (κ1) is 27.9. The summed E-state index contributed by atoms with van der Waals surface area (Å²) in [6.07, 6.45) is 2.23. The topological polar surface area (TPSA) is 97.9 Å². The fraction of sp³-hybridized carbons (Fsp3) is 0.481. The molecule has 1 saturated heterocycles. The Labute approximate surface area is 218 Å². The number of halogens is 1. The molecule has 0 radical (unpaired) electrons. The van der Waals surface area contributed by atoms with Crippen LogP contribution in [0.25, 0.3) is 0 Å². The number of hydrogen-bond donors (Lipinski definition) is 3. The smallest absolute Gasteiger partial charge is 0.406 e. The third kappa shape index (κ3) is 8.78. The van der Waals surface area contributed by atoms with Crippen LogP contribution in [-0.4, -0.2) is 65.1 Å². The van der Waals surface area contributed by atoms with Gasteiger partial charge in [0.2, 0.25) is 0 Å². The molecule has 196 valence electrons. The molecule has 2 aromatic carbocycles. The van der Waals surface area contributed by atoms with Crippen molar-refractivity contribution in [3.63, 3.8) is 0 Å². The van der Waals surface area contributed by atoms with Gasteiger partial charge in [-0.15, -0.1) is 0 Å². The van der Waals surface area contributed by atoms with E-state index in [9.17, 15) is 9.59 Å². The minimum Gasteiger partial charge on any atom is -0.453 e. The highest BCUT2D eigenvalue weighted by Crippen LogP contribution is 2.28. The van der Waals surface area contributed by atoms with Crippen LogP contribution in [0.2, 0.25) is 5.02 Å². The average molecular weight is 518 g/mol. The van der Waals surface area contributed by atoms with Crippen LogP contribution in [0.4, 0.5) is 4.79 Å². The average Bonchev–Trinajstić information content (AvgIpc) is 2.91. The normalized spacial score (nSPS) is 17.1. The molecule has 1 fully saturated rings. The molecule has 9 heteroatoms. The Morgan fingerprint density at radius 3 is 2.61 bits per heavy atom. The fourth-order valence-corrected chi connectivity index (χ4v) is 4.52. The molecule has 2 amide bonds. The second-order valence-electron chi connectivity index (χ2n) is 8.86. The first-order chi connectivity index (χ1) is 17.5. The molecule has 2 aromatic rings. The van der Waals surface area contributed by atoms with Gasteiger partial charge in [-0.05, 0) is 67.6 Å². The molecular formula is C27H36ClN3O5. The molecule has 3 atom stereocenters. The zero-order valence-corrected chi connectivity index (χ0v) is 21.7. The van der Waals surface area contributed by atoms with Crippen LogP contribution >= 0.6 is 11.6 Å². The molecule has 8 nitrogen and oxygen atoms in total. The number of amides is 2. The summed E-state index contributed by atoms with van der Waals surface area (Å²) in [5.41, 5.74) is 2.21. The molecule has 3 rings (SSSR count). The van der Waals surface area contributed by atoms with Crippen molar-refractivity contribution in [2.75, 3.05) is 47.1 Å². The van der Waals surface area contributed by atoms with Crippen molar-refractivity contribution in [3.05, 3.63) is 70.2 Å². The minimum absolute atomic E-state index is 0.144. The predicted molar refractivity (Wildman–Crippen MR) is 139 cm³/mol. The predicted octanol–water partition coefficient (Wildman–Crippen LogP) is 3.94. The minimum atomic E-state index is -0.521. The molecule has 0 aliphatic carbocycles. The van der Waals surface area contributed by atoms with Crippen molar-refractivity contribution in [2.45, 2.75) is 31.4 Å². The summed E-state index contributed by atoms with van der Waals surface area (Å²) in [6.45, 7) is 2.69. The van der Waals surface area contributed by atoms with Crippen LogP contribution in [0.1, 0.15) is 46.9 Å². The van der Waals surface area contributed by atoms with Crippen molar-refractivity contribution < 1.29 is 23.8 Å². The Hall–Kier alpha value is -2.65. The first-order valence-electron chi connectivity index (χ1n) is 12.3. The summed E-state index contributed by atoms with van der Waals surface area (Å²) in [7, 11) is 3.23. The largest absolute Gasteiger partial charge is 0.453 e. The standard InChI is InChI=1S/C27H36ClN3O5/c1-29-24(14-19-6-5-12-35-18-19)17-31-26(32)22-9-3-7-20(15-22)25(21-8-4-10-23(28)16-21)36-13-11-30-27(33)34-2/h3-4,7-10,15-16,19,24-25,29H,5-6,11-14,17-18H2,1-2H3,(H,30,33)(H,31,32)/t19?,24?,25-/m1/s1. The quantitative estimate of drug-likeness (QED) is 0.369. The SMILES string of the molecule is CNC(CNC(=O)c1cccc([C@@H](OCCNC(=O)OC)c2cccc(Cl)c2)c1)CC1CCCOC1. The van der Waals surface area contributed by atoms with Crippen LogP contribution in [-0.2, 0) is 14.2 Å². The van der Waals surface area contributed by atoms with Crippen LogP contribution in [0, 0.1) is 5.92 Å². The van der Waals surface area contributed by atoms with Gasteiger partial charge in [-0.3, -0.25) is 4.79 Å². The van der Waals surface area contributed by atoms with Crippen LogP contribution < -0.4 is 16.0 Å². The number of rotatable bonds is 12. The third-order valence-electron chi connectivity index (χ3n) is 6.23. The van der Waals surface area contributed by atoms with Gasteiger partial charge in [0, 0.05) is 42.9 Å². The maximum Gasteiger partial charge on any atom is 0.406 e. The second-order valence-corrected chi connectivity index (χ2v) is 9.30. The Bertz CT molecular complexity index is 983. The first-order valence-corrected chi connectivity index (χ1v) is 12.7. The lowest BCUT2D eigenvalue weighted by molar-refractivity contribution is 0.0478. The second kappa shape index (κ2) is 14.8. The molecular weight excluding hydrogens is 482 g/mol. The van der Waals surface area contributed by atoms with E-state index in [0.717, 1.165) is 43.6 Å². The molecule has 2 unspecified atom stereocenters. The lowest BCUT2D eigenvalue weighted by atomic mass is 9.94. The van der Waals surface area contributed by atoms with E-state index >= 15 is 0 Å². The summed E-state index contributed by atoms with van der Waals surface area (Å²) in [5, 5.41) is 9.56. The number of nitrogens with one attached hydrogen (secondary N) is 3. The summed E-state index contributed by atoms with van der Waals surface area (Å²) in [6, 6.07) is 14.9. The van der Waals surface area contributed by atoms with Gasteiger partial charge in [0.25, 0.3) is 5.91 Å². The number of ether oxygens (including phenoxy) is 3. The number of benzene rings is 2. The lowest BCUT2D eigenvalue weighted by Crippen LogP contribution is -2.41. The van der Waals surface area contributed by atoms with E-state index in [1.54, 1.807) is 12.1 Å². The van der Waals surface area contributed by atoms with Gasteiger partial charge in [-0.25, -0.2) is 4.79 Å². The number of hydrogen-bond acceptors (Lipinski definition) is 6. The molecule has 0 saturated carbocycles. The van der Waals surface area contributed by atoms with Gasteiger partial charge in [-0.1, -0.05) is 35.9 Å². The zero-order valence-electron chi connectivity index (χ0n) is 20.9. The lowest BCUT2D eigenvalue weighted by Gasteiger charge is -2.26. The highest BCUT2D eigenvalue weighted by Gasteiger charge is 2.20. The highest BCUT2D eigenvalue weighted by molar-refractivity contribution is 6.30. The van der Waals surface area contributed by atoms with E-state index in [0.29, 0.717) is 23.0 Å². The van der Waals surface area contributed by atoms with Gasteiger partial charge in [0.15, 0.2) is 0 Å². The maximum absolute atomic E-state index is 13.0. The number of alkyl carbamates (subject to hydrolysis) is 1. The van der Waals surface area contributed by atoms with Gasteiger partial charge < -0.3 is 30.2 Å². The van der Waals surface area contributed by atoms with Crippen molar-refractivity contribution in [1.82, 2.24) is 16.0 Å². The Kier molecular flexibility index (Phi) is 11.5.